The van der Waals surface area contributed by atoms with Crippen molar-refractivity contribution in [3.05, 3.63) is 0 Å². The lowest BCUT2D eigenvalue weighted by Gasteiger charge is -2.37. The van der Waals surface area contributed by atoms with Gasteiger partial charge in [0.1, 0.15) is 0 Å². The van der Waals surface area contributed by atoms with Crippen LogP contribution in [-0.4, -0.2) is 55.8 Å². The van der Waals surface area contributed by atoms with E-state index in [1.165, 1.54) is 0 Å². The first-order chi connectivity index (χ1) is 14.1. The third kappa shape index (κ3) is 6.82. The largest absolute Gasteiger partial charge is 0.460 e. The third-order valence-electron chi connectivity index (χ3n) is 4.96. The second-order valence-electron chi connectivity index (χ2n) is 7.51. The standard InChI is InChI=1S/C18H25F11O2/c19-14(20,15(21,22)16(23,24)17(25,26)18(27,28)29)9-5-3-1-2-4-6-10-30-12-13-8-7-11-31-13/h13H,1-12H2. The smallest absolute Gasteiger partial charge is 0.379 e. The van der Waals surface area contributed by atoms with Gasteiger partial charge < -0.3 is 9.47 Å². The molecular weight excluding hydrogens is 457 g/mol. The fourth-order valence-electron chi connectivity index (χ4n) is 3.01. The summed E-state index contributed by atoms with van der Waals surface area (Å²) in [5.41, 5.74) is 0. The lowest BCUT2D eigenvalue weighted by molar-refractivity contribution is -0.422. The molecule has 0 aromatic rings. The predicted octanol–water partition coefficient (Wildman–Crippen LogP) is 7.02. The third-order valence-corrected chi connectivity index (χ3v) is 4.96. The van der Waals surface area contributed by atoms with Gasteiger partial charge >= 0.3 is 29.9 Å². The van der Waals surface area contributed by atoms with Crippen LogP contribution >= 0.6 is 0 Å². The Bertz CT molecular complexity index is 529. The van der Waals surface area contributed by atoms with Crippen LogP contribution in [0.15, 0.2) is 0 Å². The molecule has 1 heterocycles. The van der Waals surface area contributed by atoms with Crippen molar-refractivity contribution in [2.45, 2.75) is 93.8 Å². The Kier molecular flexibility index (Phi) is 9.86. The van der Waals surface area contributed by atoms with Crippen LogP contribution in [-0.2, 0) is 9.47 Å². The van der Waals surface area contributed by atoms with E-state index in [0.717, 1.165) is 12.8 Å². The first kappa shape index (κ1) is 28.2. The Balaban J connectivity index is 2.33. The number of alkyl halides is 11. The molecule has 31 heavy (non-hydrogen) atoms. The zero-order valence-electron chi connectivity index (χ0n) is 16.5. The van der Waals surface area contributed by atoms with Gasteiger partial charge in [0.25, 0.3) is 0 Å². The molecule has 0 aromatic carbocycles. The molecule has 13 heteroatoms. The Hall–Kier alpha value is -0.850. The first-order valence-corrected chi connectivity index (χ1v) is 9.85. The summed E-state index contributed by atoms with van der Waals surface area (Å²) in [5, 5.41) is 0. The summed E-state index contributed by atoms with van der Waals surface area (Å²) in [5.74, 6) is -27.3. The molecule has 1 unspecified atom stereocenters. The topological polar surface area (TPSA) is 18.5 Å². The highest BCUT2D eigenvalue weighted by Crippen LogP contribution is 2.58. The van der Waals surface area contributed by atoms with Crippen LogP contribution in [0.25, 0.3) is 0 Å². The van der Waals surface area contributed by atoms with E-state index in [1.54, 1.807) is 0 Å². The molecule has 1 aliphatic heterocycles. The summed E-state index contributed by atoms with van der Waals surface area (Å²) in [6.07, 6.45) is -5.94. The molecule has 1 rings (SSSR count). The molecule has 2 nitrogen and oxygen atoms in total. The summed E-state index contributed by atoms with van der Waals surface area (Å²) >= 11 is 0. The van der Waals surface area contributed by atoms with E-state index in [4.69, 9.17) is 9.47 Å². The van der Waals surface area contributed by atoms with E-state index < -0.39 is 42.7 Å². The Morgan fingerprint density at radius 3 is 1.74 bits per heavy atom. The van der Waals surface area contributed by atoms with E-state index in [9.17, 15) is 48.3 Å². The molecule has 0 N–H and O–H groups in total. The van der Waals surface area contributed by atoms with Gasteiger partial charge in [-0.2, -0.15) is 48.3 Å². The lowest BCUT2D eigenvalue weighted by Crippen LogP contribution is -2.66. The fourth-order valence-corrected chi connectivity index (χ4v) is 3.01. The van der Waals surface area contributed by atoms with Crippen molar-refractivity contribution in [3.63, 3.8) is 0 Å². The van der Waals surface area contributed by atoms with E-state index in [2.05, 4.69) is 0 Å². The maximum Gasteiger partial charge on any atom is 0.460 e. The number of hydrogen-bond acceptors (Lipinski definition) is 2. The molecule has 0 amide bonds. The zero-order chi connectivity index (χ0) is 24.0. The van der Waals surface area contributed by atoms with Crippen molar-refractivity contribution in [2.24, 2.45) is 0 Å². The van der Waals surface area contributed by atoms with Crippen LogP contribution in [0, 0.1) is 0 Å². The van der Waals surface area contributed by atoms with Crippen LogP contribution in [0.5, 0.6) is 0 Å². The van der Waals surface area contributed by atoms with E-state index >= 15 is 0 Å². The van der Waals surface area contributed by atoms with Crippen molar-refractivity contribution in [1.29, 1.82) is 0 Å². The fraction of sp³-hybridized carbons (Fsp3) is 1.00. The van der Waals surface area contributed by atoms with Crippen molar-refractivity contribution < 1.29 is 57.8 Å². The minimum atomic E-state index is -7.32. The molecule has 0 radical (unpaired) electrons. The minimum absolute atomic E-state index is 0.0725. The van der Waals surface area contributed by atoms with E-state index in [1.807, 2.05) is 0 Å². The van der Waals surface area contributed by atoms with Crippen molar-refractivity contribution >= 4 is 0 Å². The molecule has 1 aliphatic rings. The minimum Gasteiger partial charge on any atom is -0.379 e. The van der Waals surface area contributed by atoms with Crippen molar-refractivity contribution in [3.8, 4) is 0 Å². The highest BCUT2D eigenvalue weighted by molar-refractivity contribution is 5.06. The van der Waals surface area contributed by atoms with Gasteiger partial charge in [0, 0.05) is 19.6 Å². The number of rotatable bonds is 14. The molecule has 186 valence electrons. The summed E-state index contributed by atoms with van der Waals surface area (Å²) in [7, 11) is 0. The number of ether oxygens (including phenoxy) is 2. The van der Waals surface area contributed by atoms with Crippen LogP contribution in [0.1, 0.15) is 57.8 Å². The SMILES string of the molecule is FC(F)(F)C(F)(F)C(F)(F)C(F)(F)C(F)(F)CCCCCCCCOCC1CCCO1. The summed E-state index contributed by atoms with van der Waals surface area (Å²) in [6.45, 7) is 1.59. The van der Waals surface area contributed by atoms with Gasteiger partial charge in [-0.15, -0.1) is 0 Å². The molecular formula is C18H25F11O2. The molecule has 0 bridgehead atoms. The van der Waals surface area contributed by atoms with Gasteiger partial charge in [0.2, 0.25) is 0 Å². The Morgan fingerprint density at radius 2 is 1.23 bits per heavy atom. The molecule has 0 aliphatic carbocycles. The van der Waals surface area contributed by atoms with Gasteiger partial charge in [-0.25, -0.2) is 0 Å². The normalized spacial score (nSPS) is 19.3. The molecule has 0 spiro atoms. The average Bonchev–Trinajstić information content (AvgIpc) is 3.15. The van der Waals surface area contributed by atoms with Gasteiger partial charge in [0.05, 0.1) is 12.7 Å². The number of hydrogen-bond donors (Lipinski definition) is 0. The van der Waals surface area contributed by atoms with Gasteiger partial charge in [0.15, 0.2) is 0 Å². The maximum absolute atomic E-state index is 13.5. The summed E-state index contributed by atoms with van der Waals surface area (Å²) in [4.78, 5) is 0. The van der Waals surface area contributed by atoms with Crippen LogP contribution in [0.2, 0.25) is 0 Å². The number of halogens is 11. The van der Waals surface area contributed by atoms with Crippen molar-refractivity contribution in [1.82, 2.24) is 0 Å². The predicted molar refractivity (Wildman–Crippen MR) is 88.0 cm³/mol. The second kappa shape index (κ2) is 10.8. The molecule has 1 fully saturated rings. The Labute approximate surface area is 172 Å². The van der Waals surface area contributed by atoms with E-state index in [0.29, 0.717) is 39.1 Å². The quantitative estimate of drug-likeness (QED) is 0.196. The van der Waals surface area contributed by atoms with Crippen LogP contribution in [0.4, 0.5) is 48.3 Å². The van der Waals surface area contributed by atoms with Gasteiger partial charge in [-0.05, 0) is 25.7 Å². The summed E-state index contributed by atoms with van der Waals surface area (Å²) < 4.78 is 152. The Morgan fingerprint density at radius 1 is 0.677 bits per heavy atom. The molecule has 0 saturated carbocycles. The zero-order valence-corrected chi connectivity index (χ0v) is 16.5. The monoisotopic (exact) mass is 482 g/mol. The van der Waals surface area contributed by atoms with Gasteiger partial charge in [-0.3, -0.25) is 0 Å². The van der Waals surface area contributed by atoms with Gasteiger partial charge in [-0.1, -0.05) is 25.7 Å². The average molecular weight is 482 g/mol. The van der Waals surface area contributed by atoms with Crippen molar-refractivity contribution in [2.75, 3.05) is 19.8 Å². The number of unbranched alkanes of at least 4 members (excludes halogenated alkanes) is 5. The highest BCUT2D eigenvalue weighted by Gasteiger charge is 2.86. The molecule has 0 aromatic heterocycles. The molecule has 1 atom stereocenters. The first-order valence-electron chi connectivity index (χ1n) is 9.85. The van der Waals surface area contributed by atoms with E-state index in [-0.39, 0.29) is 18.9 Å². The van der Waals surface area contributed by atoms with Crippen LogP contribution in [0.3, 0.4) is 0 Å². The summed E-state index contributed by atoms with van der Waals surface area (Å²) in [6, 6.07) is 0. The lowest BCUT2D eigenvalue weighted by atomic mass is 9.94. The maximum atomic E-state index is 13.5. The highest BCUT2D eigenvalue weighted by atomic mass is 19.4. The second-order valence-corrected chi connectivity index (χ2v) is 7.51. The molecule has 1 saturated heterocycles. The van der Waals surface area contributed by atoms with Crippen LogP contribution < -0.4 is 0 Å².